The number of benzene rings is 2. The third-order valence-electron chi connectivity index (χ3n) is 10.7. The summed E-state index contributed by atoms with van der Waals surface area (Å²) in [7, 11) is 2.23. The Bertz CT molecular complexity index is 1620. The molecular formula is C39H44Cl2N4. The molecule has 2 atom stereocenters. The van der Waals surface area contributed by atoms with E-state index in [1.807, 2.05) is 18.5 Å². The highest BCUT2D eigenvalue weighted by Crippen LogP contribution is 2.43. The monoisotopic (exact) mass is 638 g/mol. The lowest BCUT2D eigenvalue weighted by Gasteiger charge is -2.35. The Morgan fingerprint density at radius 2 is 1.09 bits per heavy atom. The minimum atomic E-state index is 0.424. The van der Waals surface area contributed by atoms with E-state index in [0.717, 1.165) is 48.8 Å². The maximum Gasteiger partial charge on any atom is 0.0513 e. The molecule has 0 radical (unpaired) electrons. The van der Waals surface area contributed by atoms with Crippen molar-refractivity contribution in [2.45, 2.75) is 63.2 Å². The van der Waals surface area contributed by atoms with E-state index in [9.17, 15) is 0 Å². The first-order valence-corrected chi connectivity index (χ1v) is 17.6. The van der Waals surface area contributed by atoms with Gasteiger partial charge in [-0.05, 0) is 166 Å². The van der Waals surface area contributed by atoms with Gasteiger partial charge in [0.1, 0.15) is 0 Å². The summed E-state index contributed by atoms with van der Waals surface area (Å²) in [6.07, 6.45) is 13.1. The van der Waals surface area contributed by atoms with Crippen molar-refractivity contribution in [3.05, 3.63) is 128 Å². The SMILES string of the molecule is CN1CCC(C2c3ccc(Cl)cc3CCc3cccnc32)CC1.Clc1ccc2c(c1)CCc1cccnc1C2C1CCNCC1. The summed E-state index contributed by atoms with van der Waals surface area (Å²) in [6.45, 7) is 4.61. The van der Waals surface area contributed by atoms with Gasteiger partial charge in [-0.3, -0.25) is 9.97 Å². The molecule has 2 unspecified atom stereocenters. The minimum Gasteiger partial charge on any atom is -0.317 e. The second-order valence-electron chi connectivity index (χ2n) is 13.5. The number of fused-ring (bicyclic) bond motifs is 4. The normalized spacial score (nSPS) is 22.0. The van der Waals surface area contributed by atoms with Crippen molar-refractivity contribution in [2.75, 3.05) is 33.2 Å². The smallest absolute Gasteiger partial charge is 0.0513 e. The average Bonchev–Trinajstić information content (AvgIpc) is 3.34. The summed E-state index contributed by atoms with van der Waals surface area (Å²) in [5.74, 6) is 2.20. The molecule has 4 nitrogen and oxygen atoms in total. The zero-order chi connectivity index (χ0) is 30.8. The lowest BCUT2D eigenvalue weighted by atomic mass is 9.76. The molecule has 4 aromatic rings. The maximum atomic E-state index is 6.27. The Kier molecular flexibility index (Phi) is 9.56. The first-order chi connectivity index (χ1) is 22.0. The Morgan fingerprint density at radius 3 is 1.60 bits per heavy atom. The van der Waals surface area contributed by atoms with Crippen molar-refractivity contribution in [1.82, 2.24) is 20.2 Å². The van der Waals surface area contributed by atoms with Gasteiger partial charge in [-0.15, -0.1) is 0 Å². The van der Waals surface area contributed by atoms with Crippen molar-refractivity contribution in [3.63, 3.8) is 0 Å². The van der Waals surface area contributed by atoms with Crippen LogP contribution in [-0.2, 0) is 25.7 Å². The first kappa shape index (κ1) is 30.9. The number of hydrogen-bond acceptors (Lipinski definition) is 4. The molecule has 0 saturated carbocycles. The van der Waals surface area contributed by atoms with Gasteiger partial charge >= 0.3 is 0 Å². The van der Waals surface area contributed by atoms with Crippen LogP contribution < -0.4 is 5.32 Å². The number of halogens is 2. The predicted molar refractivity (Wildman–Crippen MR) is 186 cm³/mol. The molecule has 234 valence electrons. The first-order valence-electron chi connectivity index (χ1n) is 16.9. The van der Waals surface area contributed by atoms with Crippen molar-refractivity contribution in [1.29, 1.82) is 0 Å². The molecule has 6 heteroatoms. The molecule has 1 N–H and O–H groups in total. The quantitative estimate of drug-likeness (QED) is 0.240. The molecule has 2 saturated heterocycles. The van der Waals surface area contributed by atoms with Crippen molar-refractivity contribution >= 4 is 23.2 Å². The summed E-state index contributed by atoms with van der Waals surface area (Å²) in [5.41, 5.74) is 11.2. The van der Waals surface area contributed by atoms with Crippen LogP contribution in [0.1, 0.15) is 82.3 Å². The number of rotatable bonds is 2. The molecule has 2 aliphatic heterocycles. The van der Waals surface area contributed by atoms with E-state index < -0.39 is 0 Å². The Hall–Kier alpha value is -2.76. The molecule has 4 aliphatic rings. The average molecular weight is 640 g/mol. The van der Waals surface area contributed by atoms with E-state index in [4.69, 9.17) is 33.2 Å². The Morgan fingerprint density at radius 1 is 0.622 bits per heavy atom. The summed E-state index contributed by atoms with van der Waals surface area (Å²) in [4.78, 5) is 12.1. The number of nitrogens with zero attached hydrogens (tertiary/aromatic N) is 3. The van der Waals surface area contributed by atoms with Gasteiger partial charge in [0.15, 0.2) is 0 Å². The van der Waals surface area contributed by atoms with E-state index in [0.29, 0.717) is 23.7 Å². The van der Waals surface area contributed by atoms with Crippen LogP contribution >= 0.6 is 23.2 Å². The van der Waals surface area contributed by atoms with Gasteiger partial charge < -0.3 is 10.2 Å². The number of aryl methyl sites for hydroxylation is 4. The molecule has 0 spiro atoms. The third-order valence-corrected chi connectivity index (χ3v) is 11.2. The van der Waals surface area contributed by atoms with Crippen LogP contribution in [-0.4, -0.2) is 48.1 Å². The number of nitrogens with one attached hydrogen (secondary N) is 1. The van der Waals surface area contributed by atoms with Gasteiger partial charge in [0, 0.05) is 34.3 Å². The predicted octanol–water partition coefficient (Wildman–Crippen LogP) is 8.27. The lowest BCUT2D eigenvalue weighted by molar-refractivity contribution is 0.206. The summed E-state index contributed by atoms with van der Waals surface area (Å²) < 4.78 is 0. The number of piperidine rings is 2. The van der Waals surface area contributed by atoms with E-state index >= 15 is 0 Å². The zero-order valence-corrected chi connectivity index (χ0v) is 27.8. The van der Waals surface area contributed by atoms with Gasteiger partial charge in [0.05, 0.1) is 11.4 Å². The van der Waals surface area contributed by atoms with Crippen LogP contribution in [0.15, 0.2) is 73.1 Å². The van der Waals surface area contributed by atoms with E-state index in [1.54, 1.807) is 0 Å². The Labute approximate surface area is 278 Å². The molecule has 0 amide bonds. The molecule has 45 heavy (non-hydrogen) atoms. The second-order valence-corrected chi connectivity index (χ2v) is 14.3. The molecule has 2 aliphatic carbocycles. The van der Waals surface area contributed by atoms with E-state index in [-0.39, 0.29) is 0 Å². The zero-order valence-electron chi connectivity index (χ0n) is 26.3. The number of pyridine rings is 2. The van der Waals surface area contributed by atoms with Crippen molar-refractivity contribution in [3.8, 4) is 0 Å². The number of aromatic nitrogens is 2. The highest BCUT2D eigenvalue weighted by Gasteiger charge is 2.34. The molecule has 8 rings (SSSR count). The van der Waals surface area contributed by atoms with Crippen LogP contribution in [0, 0.1) is 11.8 Å². The standard InChI is InChI=1S/C20H23ClN2.C19H21ClN2/c1-23-11-8-14(9-12-23)19-18-7-6-17(21)13-16(18)5-4-15-3-2-10-22-20(15)19;20-16-5-6-17-15(12-16)4-3-14-2-1-9-22-19(14)18(17)13-7-10-21-11-8-13/h2-3,6-7,10,13-14,19H,4-5,8-9,11-12H2,1H3;1-2,5-6,9,12-13,18,21H,3-4,7-8,10-11H2. The van der Waals surface area contributed by atoms with Crippen LogP contribution in [0.25, 0.3) is 0 Å². The summed E-state index contributed by atoms with van der Waals surface area (Å²) >= 11 is 12.5. The summed E-state index contributed by atoms with van der Waals surface area (Å²) in [5, 5.41) is 5.19. The van der Waals surface area contributed by atoms with Gasteiger partial charge in [-0.1, -0.05) is 47.5 Å². The van der Waals surface area contributed by atoms with Crippen LogP contribution in [0.3, 0.4) is 0 Å². The topological polar surface area (TPSA) is 41.1 Å². The highest BCUT2D eigenvalue weighted by molar-refractivity contribution is 6.31. The van der Waals surface area contributed by atoms with E-state index in [1.165, 1.54) is 83.5 Å². The molecule has 2 aromatic carbocycles. The van der Waals surface area contributed by atoms with Crippen LogP contribution in [0.5, 0.6) is 0 Å². The highest BCUT2D eigenvalue weighted by atomic mass is 35.5. The molecule has 0 bridgehead atoms. The number of likely N-dealkylation sites (tertiary alicyclic amines) is 1. The fourth-order valence-electron chi connectivity index (χ4n) is 8.40. The van der Waals surface area contributed by atoms with Crippen LogP contribution in [0.4, 0.5) is 0 Å². The minimum absolute atomic E-state index is 0.424. The fraction of sp³-hybridized carbons (Fsp3) is 0.436. The second kappa shape index (κ2) is 13.9. The molecule has 2 aromatic heterocycles. The van der Waals surface area contributed by atoms with E-state index in [2.05, 4.69) is 71.9 Å². The third kappa shape index (κ3) is 6.72. The summed E-state index contributed by atoms with van der Waals surface area (Å²) in [6, 6.07) is 21.6. The van der Waals surface area contributed by atoms with Gasteiger partial charge in [0.25, 0.3) is 0 Å². The number of hydrogen-bond donors (Lipinski definition) is 1. The molecule has 4 heterocycles. The Balaban J connectivity index is 0.000000145. The molecular weight excluding hydrogens is 595 g/mol. The van der Waals surface area contributed by atoms with Gasteiger partial charge in [-0.2, -0.15) is 0 Å². The molecule has 2 fully saturated rings. The van der Waals surface area contributed by atoms with Gasteiger partial charge in [-0.25, -0.2) is 0 Å². The largest absolute Gasteiger partial charge is 0.317 e. The van der Waals surface area contributed by atoms with Crippen LogP contribution in [0.2, 0.25) is 10.0 Å². The van der Waals surface area contributed by atoms with Crippen molar-refractivity contribution in [2.24, 2.45) is 11.8 Å². The van der Waals surface area contributed by atoms with Gasteiger partial charge in [0.2, 0.25) is 0 Å². The lowest BCUT2D eigenvalue weighted by Crippen LogP contribution is -2.33. The maximum absolute atomic E-state index is 6.27. The van der Waals surface area contributed by atoms with Crippen molar-refractivity contribution < 1.29 is 0 Å². The fourth-order valence-corrected chi connectivity index (χ4v) is 8.79.